The van der Waals surface area contributed by atoms with E-state index in [1.807, 2.05) is 43.0 Å². The first-order chi connectivity index (χ1) is 13.6. The molecule has 7 nitrogen and oxygen atoms in total. The van der Waals surface area contributed by atoms with Crippen LogP contribution in [0.2, 0.25) is 0 Å². The fraction of sp³-hybridized carbons (Fsp3) is 0.571. The zero-order valence-electron chi connectivity index (χ0n) is 17.5. The molecule has 0 aliphatic carbocycles. The van der Waals surface area contributed by atoms with Crippen LogP contribution >= 0.6 is 24.0 Å². The van der Waals surface area contributed by atoms with Crippen molar-refractivity contribution in [3.05, 3.63) is 35.4 Å². The van der Waals surface area contributed by atoms with Crippen molar-refractivity contribution in [2.75, 3.05) is 32.7 Å². The molecule has 0 saturated carbocycles. The Morgan fingerprint density at radius 3 is 2.69 bits per heavy atom. The molecule has 0 aromatic heterocycles. The number of nitrogens with zero attached hydrogens (tertiary/aromatic N) is 2. The molecule has 1 fully saturated rings. The Kier molecular flexibility index (Phi) is 12.3. The van der Waals surface area contributed by atoms with Crippen molar-refractivity contribution in [1.82, 2.24) is 20.9 Å². The molecule has 1 aromatic rings. The molecule has 29 heavy (non-hydrogen) atoms. The topological polar surface area (TPSA) is 85.8 Å². The van der Waals surface area contributed by atoms with Crippen LogP contribution in [0.3, 0.4) is 0 Å². The van der Waals surface area contributed by atoms with Crippen LogP contribution in [0.1, 0.15) is 55.5 Å². The number of carbonyl (C=O) groups is 2. The Labute approximate surface area is 191 Å². The van der Waals surface area contributed by atoms with Gasteiger partial charge in [-0.2, -0.15) is 0 Å². The molecule has 1 saturated heterocycles. The van der Waals surface area contributed by atoms with E-state index in [0.717, 1.165) is 57.0 Å². The lowest BCUT2D eigenvalue weighted by molar-refractivity contribution is -0.127. The highest BCUT2D eigenvalue weighted by molar-refractivity contribution is 14.0. The van der Waals surface area contributed by atoms with Crippen LogP contribution in [0, 0.1) is 0 Å². The van der Waals surface area contributed by atoms with Gasteiger partial charge in [-0.25, -0.2) is 4.99 Å². The van der Waals surface area contributed by atoms with Crippen molar-refractivity contribution in [2.45, 2.75) is 46.1 Å². The minimum absolute atomic E-state index is 0. The molecule has 1 aliphatic heterocycles. The van der Waals surface area contributed by atoms with Crippen molar-refractivity contribution in [1.29, 1.82) is 0 Å². The molecule has 0 atom stereocenters. The maximum Gasteiger partial charge on any atom is 0.251 e. The summed E-state index contributed by atoms with van der Waals surface area (Å²) in [5.74, 6) is 0.966. The van der Waals surface area contributed by atoms with Crippen LogP contribution in [0.4, 0.5) is 0 Å². The van der Waals surface area contributed by atoms with Crippen molar-refractivity contribution >= 4 is 41.8 Å². The van der Waals surface area contributed by atoms with Gasteiger partial charge in [0.2, 0.25) is 5.91 Å². The van der Waals surface area contributed by atoms with Gasteiger partial charge in [0.05, 0.1) is 6.54 Å². The molecular formula is C21H34IN5O2. The van der Waals surface area contributed by atoms with E-state index in [1.165, 1.54) is 0 Å². The van der Waals surface area contributed by atoms with Gasteiger partial charge in [-0.1, -0.05) is 19.1 Å². The zero-order chi connectivity index (χ0) is 20.2. The van der Waals surface area contributed by atoms with E-state index in [2.05, 4.69) is 20.9 Å². The largest absolute Gasteiger partial charge is 0.357 e. The quantitative estimate of drug-likeness (QED) is 0.194. The average molecular weight is 515 g/mol. The number of hydrogen-bond donors (Lipinski definition) is 3. The first kappa shape index (κ1) is 25.2. The Morgan fingerprint density at radius 1 is 1.17 bits per heavy atom. The first-order valence-electron chi connectivity index (χ1n) is 10.3. The smallest absolute Gasteiger partial charge is 0.251 e. The molecule has 2 amide bonds. The Morgan fingerprint density at radius 2 is 2.00 bits per heavy atom. The summed E-state index contributed by atoms with van der Waals surface area (Å²) in [6.07, 6.45) is 3.47. The highest BCUT2D eigenvalue weighted by atomic mass is 127. The van der Waals surface area contributed by atoms with Crippen LogP contribution in [0.5, 0.6) is 0 Å². The summed E-state index contributed by atoms with van der Waals surface area (Å²) < 4.78 is 0. The third-order valence-corrected chi connectivity index (χ3v) is 4.56. The summed E-state index contributed by atoms with van der Waals surface area (Å²) in [4.78, 5) is 30.3. The highest BCUT2D eigenvalue weighted by Crippen LogP contribution is 2.09. The molecule has 2 rings (SSSR count). The number of benzene rings is 1. The van der Waals surface area contributed by atoms with Crippen molar-refractivity contribution in [2.24, 2.45) is 4.99 Å². The van der Waals surface area contributed by atoms with Gasteiger partial charge in [0.1, 0.15) is 0 Å². The van der Waals surface area contributed by atoms with Crippen LogP contribution < -0.4 is 16.0 Å². The maximum atomic E-state index is 12.1. The molecule has 3 N–H and O–H groups in total. The third kappa shape index (κ3) is 9.01. The predicted molar refractivity (Wildman–Crippen MR) is 128 cm³/mol. The Bertz CT molecular complexity index is 681. The number of guanidine groups is 1. The number of carbonyl (C=O) groups excluding carboxylic acids is 2. The lowest BCUT2D eigenvalue weighted by Gasteiger charge is -2.16. The molecule has 1 aromatic carbocycles. The fourth-order valence-corrected chi connectivity index (χ4v) is 3.08. The summed E-state index contributed by atoms with van der Waals surface area (Å²) in [6, 6.07) is 7.57. The normalized spacial score (nSPS) is 13.8. The molecule has 1 aliphatic rings. The van der Waals surface area contributed by atoms with E-state index in [9.17, 15) is 9.59 Å². The third-order valence-electron chi connectivity index (χ3n) is 4.56. The van der Waals surface area contributed by atoms with Crippen molar-refractivity contribution < 1.29 is 9.59 Å². The zero-order valence-corrected chi connectivity index (χ0v) is 19.8. The average Bonchev–Trinajstić information content (AvgIpc) is 3.12. The van der Waals surface area contributed by atoms with E-state index in [-0.39, 0.29) is 35.8 Å². The minimum Gasteiger partial charge on any atom is -0.357 e. The number of rotatable bonds is 10. The van der Waals surface area contributed by atoms with E-state index >= 15 is 0 Å². The monoisotopic (exact) mass is 515 g/mol. The Hall–Kier alpha value is -1.84. The molecule has 0 radical (unpaired) electrons. The number of aliphatic imine (C=N–C) groups is 1. The Balaban J connectivity index is 0.00000420. The highest BCUT2D eigenvalue weighted by Gasteiger charge is 2.18. The molecule has 0 spiro atoms. The van der Waals surface area contributed by atoms with Crippen LogP contribution in [-0.2, 0) is 11.3 Å². The van der Waals surface area contributed by atoms with Gasteiger partial charge in [-0.05, 0) is 43.9 Å². The van der Waals surface area contributed by atoms with Crippen molar-refractivity contribution in [3.63, 3.8) is 0 Å². The summed E-state index contributed by atoms with van der Waals surface area (Å²) in [7, 11) is 0. The summed E-state index contributed by atoms with van der Waals surface area (Å²) in [5, 5.41) is 9.45. The molecular weight excluding hydrogens is 481 g/mol. The van der Waals surface area contributed by atoms with Crippen molar-refractivity contribution in [3.8, 4) is 0 Å². The lowest BCUT2D eigenvalue weighted by atomic mass is 10.1. The minimum atomic E-state index is -0.0471. The number of amides is 2. The van der Waals surface area contributed by atoms with Gasteiger partial charge >= 0.3 is 0 Å². The number of nitrogens with one attached hydrogen (secondary N) is 3. The number of halogens is 1. The fourth-order valence-electron chi connectivity index (χ4n) is 3.08. The van der Waals surface area contributed by atoms with Gasteiger partial charge in [0.15, 0.2) is 5.96 Å². The van der Waals surface area contributed by atoms with Gasteiger partial charge < -0.3 is 20.9 Å². The number of hydrogen-bond acceptors (Lipinski definition) is 3. The van der Waals surface area contributed by atoms with Crippen LogP contribution in [-0.4, -0.2) is 55.4 Å². The predicted octanol–water partition coefficient (Wildman–Crippen LogP) is 2.51. The van der Waals surface area contributed by atoms with Crippen LogP contribution in [0.25, 0.3) is 0 Å². The molecule has 1 heterocycles. The van der Waals surface area contributed by atoms with E-state index in [4.69, 9.17) is 0 Å². The SMILES string of the molecule is CCCNC(=O)c1cccc(CN=C(NCC)NCCCN2CCCC2=O)c1.I. The van der Waals surface area contributed by atoms with Crippen LogP contribution in [0.15, 0.2) is 29.3 Å². The second-order valence-electron chi connectivity index (χ2n) is 6.92. The second-order valence-corrected chi connectivity index (χ2v) is 6.92. The lowest BCUT2D eigenvalue weighted by Crippen LogP contribution is -2.39. The standard InChI is InChI=1S/C21H33N5O2.HI/c1-3-11-23-20(28)18-9-5-8-17(15-18)16-25-21(22-4-2)24-12-7-14-26-13-6-10-19(26)27;/h5,8-9,15H,3-4,6-7,10-14,16H2,1-2H3,(H,23,28)(H2,22,24,25);1H. The summed E-state index contributed by atoms with van der Waals surface area (Å²) in [6.45, 7) is 8.44. The van der Waals surface area contributed by atoms with E-state index in [1.54, 1.807) is 0 Å². The molecule has 162 valence electrons. The van der Waals surface area contributed by atoms with Gasteiger partial charge in [0.25, 0.3) is 5.91 Å². The van der Waals surface area contributed by atoms with E-state index in [0.29, 0.717) is 25.1 Å². The van der Waals surface area contributed by atoms with Gasteiger partial charge in [-0.15, -0.1) is 24.0 Å². The number of likely N-dealkylation sites (tertiary alicyclic amines) is 1. The maximum absolute atomic E-state index is 12.1. The molecule has 0 bridgehead atoms. The summed E-state index contributed by atoms with van der Waals surface area (Å²) in [5.41, 5.74) is 1.65. The van der Waals surface area contributed by atoms with E-state index < -0.39 is 0 Å². The van der Waals surface area contributed by atoms with Gasteiger partial charge in [-0.3, -0.25) is 9.59 Å². The first-order valence-corrected chi connectivity index (χ1v) is 10.3. The van der Waals surface area contributed by atoms with Gasteiger partial charge in [0, 0.05) is 44.7 Å². The summed E-state index contributed by atoms with van der Waals surface area (Å²) >= 11 is 0. The molecule has 8 heteroatoms. The molecule has 0 unspecified atom stereocenters. The second kappa shape index (κ2) is 14.2.